The normalized spacial score (nSPS) is 9.89. The second-order valence-electron chi connectivity index (χ2n) is 7.39. The molecule has 0 aromatic heterocycles. The number of carbonyl (C=O) groups excluding carboxylic acids is 1. The van der Waals surface area contributed by atoms with Gasteiger partial charge in [-0.1, -0.05) is 118 Å². The van der Waals surface area contributed by atoms with Gasteiger partial charge in [0, 0.05) is 12.3 Å². The molecule has 0 aliphatic carbocycles. The lowest BCUT2D eigenvalue weighted by atomic mass is 10.0. The van der Waals surface area contributed by atoms with Crippen LogP contribution < -0.4 is 11.1 Å². The number of nitrogens with two attached hydrogens (primary N) is 1. The Morgan fingerprint density at radius 2 is 0.929 bits per heavy atom. The van der Waals surface area contributed by atoms with Crippen LogP contribution in [0.5, 0.6) is 0 Å². The first-order chi connectivity index (χ1) is 13.6. The van der Waals surface area contributed by atoms with E-state index in [0.717, 1.165) is 25.4 Å². The van der Waals surface area contributed by atoms with Gasteiger partial charge >= 0.3 is 0 Å². The molecule has 172 valence electrons. The van der Waals surface area contributed by atoms with E-state index in [1.54, 1.807) is 0 Å². The molecule has 0 rings (SSSR count). The monoisotopic (exact) mass is 420 g/mol. The molecular formula is C24H53ClN2O. The minimum atomic E-state index is -0.153. The SMILES string of the molecule is CCCCCCCCCCCCCCCCCC(N)=O.CCCl.CCNCC. The number of nitrogens with one attached hydrogen (secondary N) is 1. The number of hydrogen-bond donors (Lipinski definition) is 2. The lowest BCUT2D eigenvalue weighted by Gasteiger charge is -2.03. The first-order valence-electron chi connectivity index (χ1n) is 12.1. The van der Waals surface area contributed by atoms with E-state index in [0.29, 0.717) is 6.42 Å². The molecule has 0 bridgehead atoms. The third-order valence-electron chi connectivity index (χ3n) is 4.53. The van der Waals surface area contributed by atoms with Crippen LogP contribution >= 0.6 is 11.6 Å². The van der Waals surface area contributed by atoms with Crippen molar-refractivity contribution in [2.75, 3.05) is 19.0 Å². The molecule has 1 amide bonds. The molecule has 0 aliphatic rings. The van der Waals surface area contributed by atoms with Crippen LogP contribution in [0.1, 0.15) is 130 Å². The molecule has 0 aromatic carbocycles. The summed E-state index contributed by atoms with van der Waals surface area (Å²) in [5, 5.41) is 3.11. The van der Waals surface area contributed by atoms with Crippen molar-refractivity contribution in [1.82, 2.24) is 5.32 Å². The molecular weight excluding hydrogens is 368 g/mol. The predicted octanol–water partition coefficient (Wildman–Crippen LogP) is 7.59. The van der Waals surface area contributed by atoms with Gasteiger partial charge in [-0.25, -0.2) is 0 Å². The summed E-state index contributed by atoms with van der Waals surface area (Å²) in [5.74, 6) is 0.569. The van der Waals surface area contributed by atoms with Crippen LogP contribution in [0.3, 0.4) is 0 Å². The maximum Gasteiger partial charge on any atom is 0.217 e. The Morgan fingerprint density at radius 3 is 1.14 bits per heavy atom. The van der Waals surface area contributed by atoms with Crippen molar-refractivity contribution < 1.29 is 4.79 Å². The predicted molar refractivity (Wildman–Crippen MR) is 129 cm³/mol. The number of carbonyl (C=O) groups is 1. The standard InChI is InChI=1S/C18H37NO.C4H11N.C2H5Cl/c1-2-3-4-5-6-7-8-9-10-11-12-13-14-15-16-17-18(19)20;1-3-5-4-2;1-2-3/h2-17H2,1H3,(H2,19,20);5H,3-4H2,1-2H3;2H2,1H3. The molecule has 0 aromatic rings. The van der Waals surface area contributed by atoms with Gasteiger partial charge in [0.2, 0.25) is 5.91 Å². The number of halogens is 1. The number of amides is 1. The largest absolute Gasteiger partial charge is 0.370 e. The third-order valence-corrected chi connectivity index (χ3v) is 4.53. The van der Waals surface area contributed by atoms with E-state index in [-0.39, 0.29) is 5.91 Å². The van der Waals surface area contributed by atoms with Gasteiger partial charge in [0.05, 0.1) is 0 Å². The highest BCUT2D eigenvalue weighted by atomic mass is 35.5. The summed E-state index contributed by atoms with van der Waals surface area (Å²) in [7, 11) is 0. The molecule has 0 unspecified atom stereocenters. The van der Waals surface area contributed by atoms with Gasteiger partial charge in [-0.05, 0) is 19.5 Å². The smallest absolute Gasteiger partial charge is 0.217 e. The number of hydrogen-bond acceptors (Lipinski definition) is 2. The number of unbranched alkanes of at least 4 members (excludes halogenated alkanes) is 14. The Labute approximate surface area is 182 Å². The van der Waals surface area contributed by atoms with Crippen LogP contribution in [0.2, 0.25) is 0 Å². The van der Waals surface area contributed by atoms with Crippen molar-refractivity contribution in [3.63, 3.8) is 0 Å². The topological polar surface area (TPSA) is 55.1 Å². The van der Waals surface area contributed by atoms with Gasteiger partial charge in [0.15, 0.2) is 0 Å². The third kappa shape index (κ3) is 44.8. The molecule has 0 saturated heterocycles. The van der Waals surface area contributed by atoms with Crippen molar-refractivity contribution in [2.45, 2.75) is 130 Å². The first-order valence-corrected chi connectivity index (χ1v) is 12.7. The van der Waals surface area contributed by atoms with Crippen LogP contribution in [0.15, 0.2) is 0 Å². The Hall–Kier alpha value is -0.280. The van der Waals surface area contributed by atoms with Crippen molar-refractivity contribution >= 4 is 17.5 Å². The van der Waals surface area contributed by atoms with E-state index < -0.39 is 0 Å². The van der Waals surface area contributed by atoms with E-state index in [1.807, 2.05) is 6.92 Å². The average Bonchev–Trinajstić information content (AvgIpc) is 2.66. The zero-order valence-corrected chi connectivity index (χ0v) is 20.6. The fourth-order valence-electron chi connectivity index (χ4n) is 2.92. The average molecular weight is 421 g/mol. The summed E-state index contributed by atoms with van der Waals surface area (Å²) >= 11 is 5.00. The molecule has 0 spiro atoms. The maximum absolute atomic E-state index is 10.6. The van der Waals surface area contributed by atoms with E-state index in [4.69, 9.17) is 17.3 Å². The molecule has 3 nitrogen and oxygen atoms in total. The Balaban J connectivity index is -0.000000657. The fourth-order valence-corrected chi connectivity index (χ4v) is 2.92. The van der Waals surface area contributed by atoms with E-state index in [1.165, 1.54) is 89.9 Å². The summed E-state index contributed by atoms with van der Waals surface area (Å²) in [6, 6.07) is 0. The second-order valence-corrected chi connectivity index (χ2v) is 7.92. The number of primary amides is 1. The van der Waals surface area contributed by atoms with Gasteiger partial charge < -0.3 is 11.1 Å². The zero-order chi connectivity index (χ0) is 21.7. The minimum absolute atomic E-state index is 0.153. The number of alkyl halides is 1. The van der Waals surface area contributed by atoms with E-state index in [2.05, 4.69) is 26.1 Å². The molecule has 0 heterocycles. The van der Waals surface area contributed by atoms with Crippen LogP contribution in [0.4, 0.5) is 0 Å². The van der Waals surface area contributed by atoms with Crippen LogP contribution in [-0.2, 0) is 4.79 Å². The molecule has 3 N–H and O–H groups in total. The van der Waals surface area contributed by atoms with Gasteiger partial charge in [-0.15, -0.1) is 11.6 Å². The molecule has 28 heavy (non-hydrogen) atoms. The highest BCUT2D eigenvalue weighted by molar-refractivity contribution is 6.17. The van der Waals surface area contributed by atoms with Crippen molar-refractivity contribution in [3.05, 3.63) is 0 Å². The van der Waals surface area contributed by atoms with E-state index >= 15 is 0 Å². The summed E-state index contributed by atoms with van der Waals surface area (Å²) in [6.07, 6.45) is 20.9. The second kappa shape index (κ2) is 34.2. The minimum Gasteiger partial charge on any atom is -0.370 e. The zero-order valence-electron chi connectivity index (χ0n) is 19.8. The molecule has 0 radical (unpaired) electrons. The lowest BCUT2D eigenvalue weighted by molar-refractivity contribution is -0.118. The molecule has 4 heteroatoms. The van der Waals surface area contributed by atoms with Crippen molar-refractivity contribution in [3.8, 4) is 0 Å². The van der Waals surface area contributed by atoms with Crippen molar-refractivity contribution in [2.24, 2.45) is 5.73 Å². The maximum atomic E-state index is 10.6. The molecule has 0 saturated carbocycles. The van der Waals surface area contributed by atoms with Gasteiger partial charge in [-0.2, -0.15) is 0 Å². The quantitative estimate of drug-likeness (QED) is 0.177. The Kier molecular flexibility index (Phi) is 39.6. The van der Waals surface area contributed by atoms with Crippen molar-refractivity contribution in [1.29, 1.82) is 0 Å². The van der Waals surface area contributed by atoms with E-state index in [9.17, 15) is 4.79 Å². The lowest BCUT2D eigenvalue weighted by Crippen LogP contribution is -2.09. The van der Waals surface area contributed by atoms with Gasteiger partial charge in [0.1, 0.15) is 0 Å². The summed E-state index contributed by atoms with van der Waals surface area (Å²) in [4.78, 5) is 10.6. The first kappa shape index (κ1) is 32.4. The molecule has 0 atom stereocenters. The van der Waals surface area contributed by atoms with Crippen LogP contribution in [0, 0.1) is 0 Å². The van der Waals surface area contributed by atoms with Crippen LogP contribution in [0.25, 0.3) is 0 Å². The molecule has 0 aliphatic heterocycles. The van der Waals surface area contributed by atoms with Crippen LogP contribution in [-0.4, -0.2) is 24.9 Å². The summed E-state index contributed by atoms with van der Waals surface area (Å²) in [5.41, 5.74) is 5.11. The highest BCUT2D eigenvalue weighted by Gasteiger charge is 1.96. The molecule has 0 fully saturated rings. The Morgan fingerprint density at radius 1 is 0.643 bits per heavy atom. The fraction of sp³-hybridized carbons (Fsp3) is 0.958. The van der Waals surface area contributed by atoms with Gasteiger partial charge in [0.25, 0.3) is 0 Å². The van der Waals surface area contributed by atoms with Gasteiger partial charge in [-0.3, -0.25) is 4.79 Å². The summed E-state index contributed by atoms with van der Waals surface area (Å²) < 4.78 is 0. The number of rotatable bonds is 18. The Bertz CT molecular complexity index is 261. The summed E-state index contributed by atoms with van der Waals surface area (Å²) in [6.45, 7) is 10.6. The highest BCUT2D eigenvalue weighted by Crippen LogP contribution is 2.13.